The second-order valence-corrected chi connectivity index (χ2v) is 3.55. The van der Waals surface area contributed by atoms with Gasteiger partial charge in [0, 0.05) is 13.3 Å². The molecule has 0 atom stereocenters. The van der Waals surface area contributed by atoms with E-state index < -0.39 is 11.8 Å². The molecule has 74 valence electrons. The van der Waals surface area contributed by atoms with Crippen LogP contribution in [0.15, 0.2) is 0 Å². The lowest BCUT2D eigenvalue weighted by molar-refractivity contribution is -0.127. The van der Waals surface area contributed by atoms with Gasteiger partial charge in [0.1, 0.15) is 0 Å². The van der Waals surface area contributed by atoms with Crippen molar-refractivity contribution in [2.75, 3.05) is 5.75 Å². The molecule has 0 aromatic heterocycles. The van der Waals surface area contributed by atoms with Crippen molar-refractivity contribution in [2.24, 2.45) is 0 Å². The first-order valence-electron chi connectivity index (χ1n) is 4.02. The summed E-state index contributed by atoms with van der Waals surface area (Å²) in [5.74, 6) is -0.784. The highest BCUT2D eigenvalue weighted by atomic mass is 32.2. The van der Waals surface area contributed by atoms with Crippen LogP contribution < -0.4 is 5.32 Å². The highest BCUT2D eigenvalue weighted by Crippen LogP contribution is 2.06. The van der Waals surface area contributed by atoms with Gasteiger partial charge in [-0.3, -0.25) is 19.7 Å². The summed E-state index contributed by atoms with van der Waals surface area (Å²) in [5, 5.41) is 2.08. The van der Waals surface area contributed by atoms with Crippen molar-refractivity contribution < 1.29 is 14.4 Å². The molecule has 0 aliphatic carbocycles. The van der Waals surface area contributed by atoms with E-state index in [-0.39, 0.29) is 10.9 Å². The smallest absolute Gasteiger partial charge is 0.237 e. The molecule has 5 heteroatoms. The minimum Gasteiger partial charge on any atom is -0.296 e. The van der Waals surface area contributed by atoms with Crippen molar-refractivity contribution in [2.45, 2.75) is 26.7 Å². The van der Waals surface area contributed by atoms with E-state index in [1.807, 2.05) is 6.92 Å². The second-order valence-electron chi connectivity index (χ2n) is 2.52. The van der Waals surface area contributed by atoms with Gasteiger partial charge in [-0.2, -0.15) is 0 Å². The number of amides is 2. The van der Waals surface area contributed by atoms with Crippen LogP contribution in [0.5, 0.6) is 0 Å². The number of hydrogen-bond donors (Lipinski definition) is 1. The number of nitrogens with one attached hydrogen (secondary N) is 1. The van der Waals surface area contributed by atoms with Crippen molar-refractivity contribution in [3.05, 3.63) is 0 Å². The third-order valence-electron chi connectivity index (χ3n) is 1.13. The molecule has 0 bridgehead atoms. The maximum absolute atomic E-state index is 10.9. The van der Waals surface area contributed by atoms with Gasteiger partial charge in [0.15, 0.2) is 5.12 Å². The van der Waals surface area contributed by atoms with Crippen molar-refractivity contribution >= 4 is 28.7 Å². The topological polar surface area (TPSA) is 63.2 Å². The first kappa shape index (κ1) is 12.2. The van der Waals surface area contributed by atoms with Gasteiger partial charge in [-0.25, -0.2) is 0 Å². The lowest BCUT2D eigenvalue weighted by Gasteiger charge is -1.99. The van der Waals surface area contributed by atoms with E-state index in [9.17, 15) is 14.4 Å². The molecule has 0 aliphatic rings. The van der Waals surface area contributed by atoms with E-state index in [2.05, 4.69) is 5.32 Å². The number of carbonyl (C=O) groups is 3. The fraction of sp³-hybridized carbons (Fsp3) is 0.625. The van der Waals surface area contributed by atoms with Gasteiger partial charge < -0.3 is 0 Å². The van der Waals surface area contributed by atoms with Gasteiger partial charge >= 0.3 is 0 Å². The van der Waals surface area contributed by atoms with E-state index in [0.29, 0.717) is 6.42 Å². The summed E-state index contributed by atoms with van der Waals surface area (Å²) in [6.45, 7) is 3.16. The molecule has 4 nitrogen and oxygen atoms in total. The largest absolute Gasteiger partial charge is 0.296 e. The average Bonchev–Trinajstić information content (AvgIpc) is 2.00. The molecule has 0 aromatic rings. The molecule has 0 saturated carbocycles. The van der Waals surface area contributed by atoms with E-state index in [1.165, 1.54) is 6.92 Å². The predicted octanol–water partition coefficient (Wildman–Crippen LogP) is 0.709. The normalized spacial score (nSPS) is 9.38. The molecular formula is C8H13NO3S. The number of hydrogen-bond acceptors (Lipinski definition) is 4. The van der Waals surface area contributed by atoms with Crippen molar-refractivity contribution in [3.63, 3.8) is 0 Å². The molecule has 0 aromatic carbocycles. The van der Waals surface area contributed by atoms with E-state index >= 15 is 0 Å². The Balaban J connectivity index is 3.58. The predicted molar refractivity (Wildman–Crippen MR) is 51.2 cm³/mol. The molecule has 0 spiro atoms. The average molecular weight is 203 g/mol. The summed E-state index contributed by atoms with van der Waals surface area (Å²) in [4.78, 5) is 32.2. The fourth-order valence-electron chi connectivity index (χ4n) is 0.655. The summed E-state index contributed by atoms with van der Waals surface area (Å²) in [5.41, 5.74) is 0. The highest BCUT2D eigenvalue weighted by Gasteiger charge is 2.07. The van der Waals surface area contributed by atoms with Crippen molar-refractivity contribution in [3.8, 4) is 0 Å². The quantitative estimate of drug-likeness (QED) is 0.731. The van der Waals surface area contributed by atoms with Gasteiger partial charge in [0.25, 0.3) is 0 Å². The molecule has 0 aliphatic heterocycles. The first-order chi connectivity index (χ1) is 6.06. The van der Waals surface area contributed by atoms with Gasteiger partial charge in [0.05, 0.1) is 5.75 Å². The van der Waals surface area contributed by atoms with Crippen LogP contribution in [0.2, 0.25) is 0 Å². The monoisotopic (exact) mass is 203 g/mol. The number of rotatable bonds is 4. The standard InChI is InChI=1S/C8H13NO3S/c1-3-4-8(12)13-5-7(11)9-6(2)10/h3-5H2,1-2H3,(H,9,10,11). The molecule has 13 heavy (non-hydrogen) atoms. The van der Waals surface area contributed by atoms with Crippen LogP contribution in [0.1, 0.15) is 26.7 Å². The van der Waals surface area contributed by atoms with Crippen LogP contribution in [0, 0.1) is 0 Å². The van der Waals surface area contributed by atoms with E-state index in [0.717, 1.165) is 18.2 Å². The van der Waals surface area contributed by atoms with Crippen LogP contribution in [-0.4, -0.2) is 22.7 Å². The third kappa shape index (κ3) is 7.52. The molecule has 0 unspecified atom stereocenters. The SMILES string of the molecule is CCCC(=O)SCC(=O)NC(C)=O. The Labute approximate surface area is 81.5 Å². The van der Waals surface area contributed by atoms with Gasteiger partial charge in [-0.1, -0.05) is 18.7 Å². The zero-order chi connectivity index (χ0) is 10.3. The zero-order valence-electron chi connectivity index (χ0n) is 7.75. The molecular weight excluding hydrogens is 190 g/mol. The molecule has 0 heterocycles. The lowest BCUT2D eigenvalue weighted by Crippen LogP contribution is -2.29. The Morgan fingerprint density at radius 3 is 2.38 bits per heavy atom. The number of imide groups is 1. The Kier molecular flexibility index (Phi) is 6.22. The summed E-state index contributed by atoms with van der Waals surface area (Å²) >= 11 is 0.948. The van der Waals surface area contributed by atoms with Gasteiger partial charge in [0.2, 0.25) is 11.8 Å². The third-order valence-corrected chi connectivity index (χ3v) is 2.07. The minimum atomic E-state index is -0.415. The van der Waals surface area contributed by atoms with E-state index in [4.69, 9.17) is 0 Å². The molecule has 2 amide bonds. The fourth-order valence-corrected chi connectivity index (χ4v) is 1.37. The maximum Gasteiger partial charge on any atom is 0.237 e. The highest BCUT2D eigenvalue weighted by molar-refractivity contribution is 8.14. The van der Waals surface area contributed by atoms with Crippen LogP contribution >= 0.6 is 11.8 Å². The number of carbonyl (C=O) groups excluding carboxylic acids is 3. The summed E-state index contributed by atoms with van der Waals surface area (Å²) in [6, 6.07) is 0. The Morgan fingerprint density at radius 2 is 1.92 bits per heavy atom. The van der Waals surface area contributed by atoms with Crippen LogP contribution in [0.3, 0.4) is 0 Å². The van der Waals surface area contributed by atoms with E-state index in [1.54, 1.807) is 0 Å². The lowest BCUT2D eigenvalue weighted by atomic mass is 10.4. The minimum absolute atomic E-state index is 0.0128. The van der Waals surface area contributed by atoms with Crippen molar-refractivity contribution in [1.29, 1.82) is 0 Å². The van der Waals surface area contributed by atoms with Crippen molar-refractivity contribution in [1.82, 2.24) is 5.32 Å². The summed E-state index contributed by atoms with van der Waals surface area (Å²) < 4.78 is 0. The van der Waals surface area contributed by atoms with Crippen LogP contribution in [-0.2, 0) is 14.4 Å². The van der Waals surface area contributed by atoms with Crippen LogP contribution in [0.4, 0.5) is 0 Å². The number of thioether (sulfide) groups is 1. The molecule has 0 radical (unpaired) electrons. The second kappa shape index (κ2) is 6.65. The van der Waals surface area contributed by atoms with Crippen LogP contribution in [0.25, 0.3) is 0 Å². The zero-order valence-corrected chi connectivity index (χ0v) is 8.57. The Morgan fingerprint density at radius 1 is 1.31 bits per heavy atom. The Hall–Kier alpha value is -0.840. The Bertz CT molecular complexity index is 215. The van der Waals surface area contributed by atoms with Gasteiger partial charge in [-0.15, -0.1) is 0 Å². The molecule has 1 N–H and O–H groups in total. The maximum atomic E-state index is 10.9. The van der Waals surface area contributed by atoms with Gasteiger partial charge in [-0.05, 0) is 6.42 Å². The first-order valence-corrected chi connectivity index (χ1v) is 5.00. The summed E-state index contributed by atoms with van der Waals surface area (Å²) in [6.07, 6.45) is 1.25. The molecule has 0 saturated heterocycles. The molecule has 0 fully saturated rings. The summed E-state index contributed by atoms with van der Waals surface area (Å²) in [7, 11) is 0. The molecule has 0 rings (SSSR count).